The number of H-pyrrole nitrogens is 1. The van der Waals surface area contributed by atoms with Crippen molar-refractivity contribution in [2.24, 2.45) is 0 Å². The van der Waals surface area contributed by atoms with Crippen LogP contribution in [-0.2, 0) is 24.0 Å². The molecule has 4 N–H and O–H groups in total. The van der Waals surface area contributed by atoms with Crippen LogP contribution in [0, 0.1) is 0 Å². The fourth-order valence-electron chi connectivity index (χ4n) is 8.03. The minimum atomic E-state index is -0.887. The number of fused-ring (bicyclic) bond motifs is 1. The largest absolute Gasteiger partial charge is 0.436 e. The number of carbonyl (C=O) groups excluding carboxylic acids is 5. The van der Waals surface area contributed by atoms with Gasteiger partial charge in [0.2, 0.25) is 35.4 Å². The lowest BCUT2D eigenvalue weighted by Crippen LogP contribution is -2.48. The van der Waals surface area contributed by atoms with Crippen molar-refractivity contribution < 1.29 is 28.4 Å². The average Bonchev–Trinajstić information content (AvgIpc) is 4.09. The number of anilines is 1. The van der Waals surface area contributed by atoms with Crippen LogP contribution >= 0.6 is 0 Å². The van der Waals surface area contributed by atoms with E-state index in [-0.39, 0.29) is 35.6 Å². The van der Waals surface area contributed by atoms with E-state index >= 15 is 0 Å². The summed E-state index contributed by atoms with van der Waals surface area (Å²) in [6, 6.07) is 28.5. The summed E-state index contributed by atoms with van der Waals surface area (Å²) in [4.78, 5) is 81.3. The second kappa shape index (κ2) is 16.8. The van der Waals surface area contributed by atoms with E-state index in [2.05, 4.69) is 25.9 Å². The first-order valence-electron chi connectivity index (χ1n) is 19.7. The van der Waals surface area contributed by atoms with Gasteiger partial charge < -0.3 is 35.2 Å². The van der Waals surface area contributed by atoms with Crippen molar-refractivity contribution in [3.63, 3.8) is 0 Å². The standard InChI is InChI=1S/C45H44N8O6/c1-27(54)47-39(29-11-5-3-6-12-29)44(57)52-23-9-15-36(52)41-50-34-22-19-32(25-35(34)51-41)38-26-46-43(59-38)31-17-20-33(21-18-31)49-42(56)37-16-10-24-53(37)45(58)40(48-28(2)55)30-13-7-4-8-14-30/h3-8,11-14,17-22,25-26,36-37,39-40H,9-10,15-16,23-24H2,1-2H3,(H,47,54)(H,48,55)(H,49,56)(H,50,51)/t36-,37+,39+,40+/m0/s1. The van der Waals surface area contributed by atoms with Crippen LogP contribution < -0.4 is 16.0 Å². The van der Waals surface area contributed by atoms with E-state index in [1.807, 2.05) is 54.6 Å². The van der Waals surface area contributed by atoms with Gasteiger partial charge in [0.1, 0.15) is 23.9 Å². The Morgan fingerprint density at radius 2 is 1.32 bits per heavy atom. The smallest absolute Gasteiger partial charge is 0.250 e. The third-order valence-corrected chi connectivity index (χ3v) is 10.8. The maximum atomic E-state index is 13.9. The number of rotatable bonds is 11. The van der Waals surface area contributed by atoms with E-state index in [0.717, 1.165) is 35.0 Å². The molecule has 300 valence electrons. The summed E-state index contributed by atoms with van der Waals surface area (Å²) in [5.74, 6) is 0.206. The summed E-state index contributed by atoms with van der Waals surface area (Å²) < 4.78 is 6.19. The highest BCUT2D eigenvalue weighted by Crippen LogP contribution is 2.35. The van der Waals surface area contributed by atoms with Gasteiger partial charge in [-0.3, -0.25) is 24.0 Å². The van der Waals surface area contributed by atoms with Crippen LogP contribution in [0.15, 0.2) is 114 Å². The predicted molar refractivity (Wildman–Crippen MR) is 220 cm³/mol. The Morgan fingerprint density at radius 1 is 0.729 bits per heavy atom. The minimum Gasteiger partial charge on any atom is -0.436 e. The lowest BCUT2D eigenvalue weighted by Gasteiger charge is -2.28. The normalized spacial score (nSPS) is 17.4. The molecule has 4 aromatic carbocycles. The minimum absolute atomic E-state index is 0.177. The van der Waals surface area contributed by atoms with Crippen LogP contribution in [0.1, 0.15) is 74.6 Å². The molecule has 14 nitrogen and oxygen atoms in total. The SMILES string of the molecule is CC(=O)N[C@@H](C(=O)N1CCC[C@@H]1C(=O)Nc1ccc(-c2ncc(-c3ccc4nc([C@@H]5CCCN5C(=O)[C@H](NC(C)=O)c5ccccc5)[nH]c4c3)o2)cc1)c1ccccc1. The monoisotopic (exact) mass is 792 g/mol. The van der Waals surface area contributed by atoms with Crippen LogP contribution in [0.25, 0.3) is 33.8 Å². The number of nitrogens with one attached hydrogen (secondary N) is 4. The van der Waals surface area contributed by atoms with Gasteiger partial charge in [-0.1, -0.05) is 60.7 Å². The lowest BCUT2D eigenvalue weighted by molar-refractivity contribution is -0.140. The van der Waals surface area contributed by atoms with Gasteiger partial charge in [-0.05, 0) is 79.3 Å². The molecule has 2 saturated heterocycles. The number of oxazole rings is 1. The van der Waals surface area contributed by atoms with E-state index in [9.17, 15) is 24.0 Å². The van der Waals surface area contributed by atoms with E-state index in [4.69, 9.17) is 9.40 Å². The van der Waals surface area contributed by atoms with E-state index in [1.165, 1.54) is 13.8 Å². The maximum absolute atomic E-state index is 13.9. The van der Waals surface area contributed by atoms with E-state index in [1.54, 1.807) is 64.5 Å². The zero-order valence-corrected chi connectivity index (χ0v) is 32.7. The van der Waals surface area contributed by atoms with Gasteiger partial charge in [-0.15, -0.1) is 0 Å². The molecule has 4 heterocycles. The van der Waals surface area contributed by atoms with Crippen LogP contribution in [-0.4, -0.2) is 73.4 Å². The van der Waals surface area contributed by atoms with Crippen molar-refractivity contribution in [1.29, 1.82) is 0 Å². The van der Waals surface area contributed by atoms with Crippen molar-refractivity contribution in [2.45, 2.75) is 63.7 Å². The Kier molecular flexibility index (Phi) is 11.0. The zero-order chi connectivity index (χ0) is 41.0. The fraction of sp³-hybridized carbons (Fsp3) is 0.267. The Hall–Kier alpha value is -7.09. The van der Waals surface area contributed by atoms with Crippen molar-refractivity contribution in [1.82, 2.24) is 35.4 Å². The molecule has 8 rings (SSSR count). The molecule has 4 atom stereocenters. The fourth-order valence-corrected chi connectivity index (χ4v) is 8.03. The molecule has 2 aliphatic rings. The van der Waals surface area contributed by atoms with Crippen LogP contribution in [0.3, 0.4) is 0 Å². The van der Waals surface area contributed by atoms with Crippen molar-refractivity contribution >= 4 is 46.3 Å². The Morgan fingerprint density at radius 3 is 1.97 bits per heavy atom. The van der Waals surface area contributed by atoms with Crippen LogP contribution in [0.4, 0.5) is 5.69 Å². The third kappa shape index (κ3) is 8.33. The first kappa shape index (κ1) is 38.8. The molecule has 5 amide bonds. The van der Waals surface area contributed by atoms with E-state index in [0.29, 0.717) is 60.2 Å². The predicted octanol–water partition coefficient (Wildman–Crippen LogP) is 6.23. The first-order valence-corrected chi connectivity index (χ1v) is 19.7. The number of aromatic nitrogens is 3. The molecule has 0 bridgehead atoms. The number of imidazole rings is 1. The summed E-state index contributed by atoms with van der Waals surface area (Å²) in [7, 11) is 0. The zero-order valence-electron chi connectivity index (χ0n) is 32.7. The number of likely N-dealkylation sites (tertiary alicyclic amines) is 2. The number of hydrogen-bond acceptors (Lipinski definition) is 8. The third-order valence-electron chi connectivity index (χ3n) is 10.8. The molecule has 2 aromatic heterocycles. The van der Waals surface area contributed by atoms with Gasteiger partial charge in [-0.25, -0.2) is 9.97 Å². The molecule has 0 spiro atoms. The molecular formula is C45H44N8O6. The first-order chi connectivity index (χ1) is 28.6. The van der Waals surface area contributed by atoms with Gasteiger partial charge in [0.05, 0.1) is 23.3 Å². The molecule has 2 aliphatic heterocycles. The number of aromatic amines is 1. The molecule has 2 fully saturated rings. The number of carbonyl (C=O) groups is 5. The van der Waals surface area contributed by atoms with Gasteiger partial charge in [0, 0.05) is 43.8 Å². The average molecular weight is 793 g/mol. The highest BCUT2D eigenvalue weighted by molar-refractivity contribution is 5.99. The molecule has 6 aromatic rings. The molecule has 0 unspecified atom stereocenters. The van der Waals surface area contributed by atoms with Crippen molar-refractivity contribution in [3.8, 4) is 22.8 Å². The molecular weight excluding hydrogens is 749 g/mol. The van der Waals surface area contributed by atoms with Gasteiger partial charge in [-0.2, -0.15) is 0 Å². The van der Waals surface area contributed by atoms with Crippen LogP contribution in [0.2, 0.25) is 0 Å². The number of amides is 5. The van der Waals surface area contributed by atoms with Gasteiger partial charge >= 0.3 is 0 Å². The highest BCUT2D eigenvalue weighted by Gasteiger charge is 2.39. The summed E-state index contributed by atoms with van der Waals surface area (Å²) >= 11 is 0. The summed E-state index contributed by atoms with van der Waals surface area (Å²) in [6.07, 6.45) is 4.38. The Bertz CT molecular complexity index is 2500. The van der Waals surface area contributed by atoms with Crippen molar-refractivity contribution in [2.75, 3.05) is 18.4 Å². The summed E-state index contributed by atoms with van der Waals surface area (Å²) in [6.45, 7) is 3.75. The number of benzene rings is 4. The molecule has 0 saturated carbocycles. The molecule has 14 heteroatoms. The topological polar surface area (TPSA) is 183 Å². The second-order valence-electron chi connectivity index (χ2n) is 14.9. The maximum Gasteiger partial charge on any atom is 0.250 e. The Balaban J connectivity index is 0.932. The van der Waals surface area contributed by atoms with Crippen LogP contribution in [0.5, 0.6) is 0 Å². The van der Waals surface area contributed by atoms with Gasteiger partial charge in [0.25, 0.3) is 0 Å². The molecule has 59 heavy (non-hydrogen) atoms. The van der Waals surface area contributed by atoms with Gasteiger partial charge in [0.15, 0.2) is 5.76 Å². The quantitative estimate of drug-likeness (QED) is 0.119. The number of nitrogens with zero attached hydrogens (tertiary/aromatic N) is 4. The molecule has 0 radical (unpaired) electrons. The Labute approximate surface area is 340 Å². The highest BCUT2D eigenvalue weighted by atomic mass is 16.4. The van der Waals surface area contributed by atoms with Crippen molar-refractivity contribution in [3.05, 3.63) is 126 Å². The molecule has 0 aliphatic carbocycles. The van der Waals surface area contributed by atoms with E-state index < -0.39 is 18.1 Å². The second-order valence-corrected chi connectivity index (χ2v) is 14.9. The summed E-state index contributed by atoms with van der Waals surface area (Å²) in [5.41, 5.74) is 4.95. The summed E-state index contributed by atoms with van der Waals surface area (Å²) in [5, 5.41) is 8.53. The lowest BCUT2D eigenvalue weighted by atomic mass is 10.0. The number of hydrogen-bond donors (Lipinski definition) is 4.